The van der Waals surface area contributed by atoms with Crippen molar-refractivity contribution >= 4 is 22.2 Å². The fourth-order valence-electron chi connectivity index (χ4n) is 9.06. The largest absolute Gasteiger partial charge is 0.226 e. The van der Waals surface area contributed by atoms with Crippen molar-refractivity contribution in [2.24, 2.45) is 5.92 Å². The molecule has 0 aliphatic heterocycles. The maximum absolute atomic E-state index is 2.65. The molecule has 0 saturated carbocycles. The van der Waals surface area contributed by atoms with Crippen LogP contribution in [-0.4, -0.2) is 12.5 Å². The molecule has 0 N–H and O–H groups in total. The summed E-state index contributed by atoms with van der Waals surface area (Å²) in [6.07, 6.45) is 14.1. The Morgan fingerprint density at radius 3 is 1.85 bits per heavy atom. The van der Waals surface area contributed by atoms with Crippen LogP contribution in [0.15, 0.2) is 83.9 Å². The molecule has 2 unspecified atom stereocenters. The lowest BCUT2D eigenvalue weighted by molar-refractivity contribution is 0.590. The quantitative estimate of drug-likeness (QED) is 0.201. The fourth-order valence-corrected chi connectivity index (χ4v) is 13.1. The zero-order chi connectivity index (χ0) is 34.3. The molecule has 4 aromatic carbocycles. The number of aryl methyl sites for hydroxylation is 1. The molecule has 48 heavy (non-hydrogen) atoms. The monoisotopic (exact) mass is 652 g/mol. The zero-order valence-electron chi connectivity index (χ0n) is 31.3. The van der Waals surface area contributed by atoms with E-state index in [1.165, 1.54) is 69.3 Å². The molecular formula is C47H56S. The third kappa shape index (κ3) is 5.45. The molecule has 0 nitrogen and oxygen atoms in total. The lowest BCUT2D eigenvalue weighted by Gasteiger charge is -2.47. The second kappa shape index (κ2) is 11.7. The third-order valence-electron chi connectivity index (χ3n) is 11.6. The van der Waals surface area contributed by atoms with Crippen molar-refractivity contribution in [3.05, 3.63) is 128 Å². The normalized spacial score (nSPS) is 19.2. The molecule has 0 aromatic heterocycles. The van der Waals surface area contributed by atoms with E-state index in [4.69, 9.17) is 0 Å². The highest BCUT2D eigenvalue weighted by atomic mass is 32.3. The Hall–Kier alpha value is -3.29. The SMILES string of the molecule is CC1=Cc2c(cc3c(c2-c2ccc(C(C)(C)C)cc2)CCC3)C1S(C)(C)C1C(C(C)C)=Cc2c(-c3ccc(C(C)(C)C)cc3)cccc21. The van der Waals surface area contributed by atoms with Crippen molar-refractivity contribution < 1.29 is 0 Å². The van der Waals surface area contributed by atoms with Crippen LogP contribution in [0.1, 0.15) is 124 Å². The van der Waals surface area contributed by atoms with Crippen molar-refractivity contribution in [2.75, 3.05) is 12.5 Å². The van der Waals surface area contributed by atoms with Crippen LogP contribution in [-0.2, 0) is 23.7 Å². The van der Waals surface area contributed by atoms with Gasteiger partial charge in [-0.25, -0.2) is 10.0 Å². The molecule has 2 atom stereocenters. The Morgan fingerprint density at radius 1 is 0.667 bits per heavy atom. The van der Waals surface area contributed by atoms with Crippen LogP contribution in [0.4, 0.5) is 0 Å². The minimum atomic E-state index is -1.21. The molecule has 0 spiro atoms. The van der Waals surface area contributed by atoms with Crippen molar-refractivity contribution in [3.63, 3.8) is 0 Å². The van der Waals surface area contributed by atoms with Crippen molar-refractivity contribution in [1.29, 1.82) is 0 Å². The first-order valence-corrected chi connectivity index (χ1v) is 20.8. The van der Waals surface area contributed by atoms with Gasteiger partial charge in [0, 0.05) is 10.5 Å². The zero-order valence-corrected chi connectivity index (χ0v) is 32.2. The van der Waals surface area contributed by atoms with Gasteiger partial charge in [0.1, 0.15) is 0 Å². The average molecular weight is 653 g/mol. The predicted molar refractivity (Wildman–Crippen MR) is 215 cm³/mol. The minimum Gasteiger partial charge on any atom is -0.226 e. The highest BCUT2D eigenvalue weighted by molar-refractivity contribution is 8.33. The van der Waals surface area contributed by atoms with E-state index in [2.05, 4.69) is 160 Å². The van der Waals surface area contributed by atoms with Gasteiger partial charge in [-0.15, -0.1) is 0 Å². The molecule has 250 valence electrons. The summed E-state index contributed by atoms with van der Waals surface area (Å²) in [4.78, 5) is 0. The summed E-state index contributed by atoms with van der Waals surface area (Å²) < 4.78 is 0. The summed E-state index contributed by atoms with van der Waals surface area (Å²) in [5, 5.41) is 0.877. The molecule has 0 amide bonds. The molecular weight excluding hydrogens is 597 g/mol. The summed E-state index contributed by atoms with van der Waals surface area (Å²) in [5.41, 5.74) is 21.2. The number of fused-ring (bicyclic) bond motifs is 3. The first-order chi connectivity index (χ1) is 22.6. The van der Waals surface area contributed by atoms with Crippen molar-refractivity contribution in [3.8, 4) is 22.3 Å². The molecule has 0 radical (unpaired) electrons. The number of hydrogen-bond donors (Lipinski definition) is 0. The van der Waals surface area contributed by atoms with Gasteiger partial charge in [0.25, 0.3) is 0 Å². The standard InChI is InChI=1S/C47H56S/c1-29(2)39-28-40-36(31-18-22-34(23-19-31)46(4,5)6)15-13-17-38(40)45(39)48(10,11)44-30(3)26-41-42(44)27-33-14-12-16-37(33)43(41)32-20-24-35(25-21-32)47(7,8)9/h13,15,17-29,44-45H,12,14,16H2,1-11H3. The van der Waals surface area contributed by atoms with Gasteiger partial charge in [-0.3, -0.25) is 0 Å². The van der Waals surface area contributed by atoms with Crippen LogP contribution in [0.5, 0.6) is 0 Å². The van der Waals surface area contributed by atoms with E-state index in [1.807, 2.05) is 0 Å². The lowest BCUT2D eigenvalue weighted by atomic mass is 9.84. The molecule has 1 heteroatoms. The van der Waals surface area contributed by atoms with Gasteiger partial charge in [0.05, 0.1) is 0 Å². The molecule has 0 fully saturated rings. The van der Waals surface area contributed by atoms with Gasteiger partial charge in [0.2, 0.25) is 0 Å². The third-order valence-corrected chi connectivity index (χ3v) is 15.1. The van der Waals surface area contributed by atoms with Crippen molar-refractivity contribution in [2.45, 2.75) is 103 Å². The highest BCUT2D eigenvalue weighted by Gasteiger charge is 2.44. The summed E-state index contributed by atoms with van der Waals surface area (Å²) in [6.45, 7) is 21.1. The van der Waals surface area contributed by atoms with Gasteiger partial charge in [0.15, 0.2) is 0 Å². The first kappa shape index (κ1) is 33.2. The molecule has 3 aliphatic carbocycles. The maximum atomic E-state index is 2.65. The van der Waals surface area contributed by atoms with Crippen molar-refractivity contribution in [1.82, 2.24) is 0 Å². The van der Waals surface area contributed by atoms with E-state index in [0.29, 0.717) is 16.4 Å². The topological polar surface area (TPSA) is 0 Å². The van der Waals surface area contributed by atoms with E-state index in [-0.39, 0.29) is 10.8 Å². The van der Waals surface area contributed by atoms with Gasteiger partial charge in [-0.05, 0) is 122 Å². The summed E-state index contributed by atoms with van der Waals surface area (Å²) in [6, 6.07) is 28.7. The molecule has 3 aliphatic rings. The fraction of sp³-hybridized carbons (Fsp3) is 0.404. The van der Waals surface area contributed by atoms with Crippen LogP contribution in [0.25, 0.3) is 34.4 Å². The van der Waals surface area contributed by atoms with Crippen LogP contribution < -0.4 is 0 Å². The van der Waals surface area contributed by atoms with E-state index < -0.39 is 10.0 Å². The number of rotatable bonds is 5. The Kier molecular flexibility index (Phi) is 8.07. The van der Waals surface area contributed by atoms with Gasteiger partial charge < -0.3 is 0 Å². The predicted octanol–water partition coefficient (Wildman–Crippen LogP) is 13.4. The maximum Gasteiger partial charge on any atom is 0.0366 e. The number of hydrogen-bond acceptors (Lipinski definition) is 0. The van der Waals surface area contributed by atoms with Gasteiger partial charge in [-0.1, -0.05) is 151 Å². The van der Waals surface area contributed by atoms with Crippen LogP contribution in [0.2, 0.25) is 0 Å². The first-order valence-electron chi connectivity index (χ1n) is 18.2. The summed E-state index contributed by atoms with van der Waals surface area (Å²) >= 11 is 0. The molecule has 4 aromatic rings. The van der Waals surface area contributed by atoms with E-state index in [0.717, 1.165) is 0 Å². The smallest absolute Gasteiger partial charge is 0.0366 e. The average Bonchev–Trinajstić information content (AvgIpc) is 3.74. The van der Waals surface area contributed by atoms with Crippen LogP contribution in [0.3, 0.4) is 0 Å². The van der Waals surface area contributed by atoms with Crippen LogP contribution >= 0.6 is 10.0 Å². The van der Waals surface area contributed by atoms with E-state index in [9.17, 15) is 0 Å². The molecule has 0 bridgehead atoms. The Balaban J connectivity index is 1.34. The van der Waals surface area contributed by atoms with E-state index in [1.54, 1.807) is 27.8 Å². The number of benzene rings is 4. The molecule has 0 saturated heterocycles. The molecule has 7 rings (SSSR count). The Bertz CT molecular complexity index is 1950. The Morgan fingerprint density at radius 2 is 1.27 bits per heavy atom. The van der Waals surface area contributed by atoms with Gasteiger partial charge in [-0.2, -0.15) is 0 Å². The van der Waals surface area contributed by atoms with E-state index >= 15 is 0 Å². The summed E-state index contributed by atoms with van der Waals surface area (Å²) in [5.74, 6) is 0.493. The Labute approximate surface area is 293 Å². The second-order valence-electron chi connectivity index (χ2n) is 17.6. The second-order valence-corrected chi connectivity index (χ2v) is 21.6. The minimum absolute atomic E-state index is 0.152. The molecule has 0 heterocycles. The van der Waals surface area contributed by atoms with Gasteiger partial charge >= 0.3 is 0 Å². The lowest BCUT2D eigenvalue weighted by Crippen LogP contribution is -2.19. The van der Waals surface area contributed by atoms with Crippen LogP contribution in [0, 0.1) is 5.92 Å². The summed E-state index contributed by atoms with van der Waals surface area (Å²) in [7, 11) is -1.21. The highest BCUT2D eigenvalue weighted by Crippen LogP contribution is 2.73.